The predicted molar refractivity (Wildman–Crippen MR) is 171 cm³/mol. The molecule has 0 saturated carbocycles. The maximum Gasteiger partial charge on any atom is 0.256 e. The zero-order valence-electron chi connectivity index (χ0n) is 23.0. The van der Waals surface area contributed by atoms with Crippen LogP contribution >= 0.6 is 11.6 Å². The van der Waals surface area contributed by atoms with Gasteiger partial charge in [0.2, 0.25) is 0 Å². The van der Waals surface area contributed by atoms with Crippen LogP contribution in [-0.4, -0.2) is 40.4 Å². The number of hydrogen-bond acceptors (Lipinski definition) is 3. The number of carbonyl (C=O) groups is 1. The molecule has 0 atom stereocenters. The second kappa shape index (κ2) is 9.74. The molecule has 1 amide bonds. The number of halogens is 1. The highest BCUT2D eigenvalue weighted by atomic mass is 35.5. The molecule has 6 heteroatoms. The van der Waals surface area contributed by atoms with E-state index >= 15 is 0 Å². The van der Waals surface area contributed by atoms with Crippen LogP contribution in [0, 0.1) is 0 Å². The highest BCUT2D eigenvalue weighted by Crippen LogP contribution is 2.46. The molecular formula is C36H29ClN4O. The number of aromatic amines is 1. The summed E-state index contributed by atoms with van der Waals surface area (Å²) in [7, 11) is 0. The highest BCUT2D eigenvalue weighted by molar-refractivity contribution is 6.38. The second-order valence-corrected chi connectivity index (χ2v) is 11.9. The van der Waals surface area contributed by atoms with Crippen molar-refractivity contribution in [1.82, 2.24) is 14.9 Å². The second-order valence-electron chi connectivity index (χ2n) is 11.5. The van der Waals surface area contributed by atoms with E-state index < -0.39 is 0 Å². The average Bonchev–Trinajstić information content (AvgIpc) is 3.67. The lowest BCUT2D eigenvalue weighted by atomic mass is 9.73. The summed E-state index contributed by atoms with van der Waals surface area (Å²) in [4.78, 5) is 22.8. The van der Waals surface area contributed by atoms with E-state index in [4.69, 9.17) is 11.6 Å². The Hall–Kier alpha value is -4.61. The van der Waals surface area contributed by atoms with Crippen LogP contribution in [0.2, 0.25) is 5.02 Å². The van der Waals surface area contributed by atoms with Crippen molar-refractivity contribution < 1.29 is 4.79 Å². The Kier molecular flexibility index (Phi) is 5.83. The molecule has 1 spiro atoms. The molecular weight excluding hydrogens is 540 g/mol. The number of amides is 1. The van der Waals surface area contributed by atoms with Crippen molar-refractivity contribution in [2.75, 3.05) is 25.0 Å². The summed E-state index contributed by atoms with van der Waals surface area (Å²) in [5.41, 5.74) is 8.64. The first kappa shape index (κ1) is 25.1. The maximum atomic E-state index is 13.5. The summed E-state index contributed by atoms with van der Waals surface area (Å²) in [5.74, 6) is -0.0448. The zero-order valence-corrected chi connectivity index (χ0v) is 23.8. The molecule has 0 bridgehead atoms. The molecule has 2 N–H and O–H groups in total. The van der Waals surface area contributed by atoms with Crippen LogP contribution in [-0.2, 0) is 5.41 Å². The molecule has 0 unspecified atom stereocenters. The third-order valence-corrected chi connectivity index (χ3v) is 9.69. The quantitative estimate of drug-likeness (QED) is 0.226. The number of rotatable bonds is 3. The van der Waals surface area contributed by atoms with Crippen molar-refractivity contribution in [3.63, 3.8) is 0 Å². The number of piperidine rings is 1. The minimum absolute atomic E-state index is 0.0116. The molecule has 206 valence electrons. The van der Waals surface area contributed by atoms with Crippen LogP contribution in [0.25, 0.3) is 44.1 Å². The molecule has 6 aromatic rings. The fourth-order valence-corrected chi connectivity index (χ4v) is 7.16. The number of H-pyrrole nitrogens is 1. The fourth-order valence-electron chi connectivity index (χ4n) is 6.87. The predicted octanol–water partition coefficient (Wildman–Crippen LogP) is 8.30. The van der Waals surface area contributed by atoms with Gasteiger partial charge in [-0.15, -0.1) is 0 Å². The Labute approximate surface area is 249 Å². The Balaban J connectivity index is 1.04. The fraction of sp³-hybridized carbons (Fsp3) is 0.167. The van der Waals surface area contributed by atoms with Crippen molar-refractivity contribution in [1.29, 1.82) is 0 Å². The molecule has 4 heterocycles. The van der Waals surface area contributed by atoms with Gasteiger partial charge in [0.05, 0.1) is 10.6 Å². The van der Waals surface area contributed by atoms with Crippen molar-refractivity contribution in [2.24, 2.45) is 0 Å². The zero-order chi connectivity index (χ0) is 28.3. The first-order valence-corrected chi connectivity index (χ1v) is 14.9. The first-order chi connectivity index (χ1) is 20.6. The highest BCUT2D eigenvalue weighted by Gasteiger charge is 2.42. The lowest BCUT2D eigenvalue weighted by Crippen LogP contribution is -2.46. The normalized spacial score (nSPS) is 15.7. The van der Waals surface area contributed by atoms with Crippen molar-refractivity contribution in [3.8, 4) is 22.3 Å². The Morgan fingerprint density at radius 3 is 2.45 bits per heavy atom. The number of pyridine rings is 1. The third kappa shape index (κ3) is 3.99. The standard InChI is InChI=1S/C36H29ClN4O/c37-33-29-14-17-38-34(29)39-21-30(33)35(42)41-18-15-36(16-19-41)22-40-32-13-12-26(20-31(32)36)23-8-10-25(11-9-23)28-7-3-5-24-4-1-2-6-27(24)28/h1-14,17,20-21,40H,15-16,18-19,22H2,(H,38,39). The topological polar surface area (TPSA) is 61.0 Å². The minimum atomic E-state index is -0.0448. The van der Waals surface area contributed by atoms with Gasteiger partial charge in [0.15, 0.2) is 0 Å². The minimum Gasteiger partial charge on any atom is -0.384 e. The van der Waals surface area contributed by atoms with Gasteiger partial charge in [-0.05, 0) is 69.6 Å². The maximum absolute atomic E-state index is 13.5. The Morgan fingerprint density at radius 1 is 0.833 bits per heavy atom. The number of likely N-dealkylation sites (tertiary alicyclic amines) is 1. The third-order valence-electron chi connectivity index (χ3n) is 9.29. The molecule has 5 nitrogen and oxygen atoms in total. The van der Waals surface area contributed by atoms with E-state index in [1.165, 1.54) is 44.3 Å². The van der Waals surface area contributed by atoms with E-state index in [0.717, 1.165) is 24.8 Å². The van der Waals surface area contributed by atoms with E-state index in [0.29, 0.717) is 29.3 Å². The van der Waals surface area contributed by atoms with Crippen LogP contribution in [0.15, 0.2) is 103 Å². The molecule has 1 saturated heterocycles. The molecule has 4 aromatic carbocycles. The van der Waals surface area contributed by atoms with Gasteiger partial charge < -0.3 is 15.2 Å². The van der Waals surface area contributed by atoms with E-state index in [1.54, 1.807) is 12.4 Å². The largest absolute Gasteiger partial charge is 0.384 e. The summed E-state index contributed by atoms with van der Waals surface area (Å²) < 4.78 is 0. The molecule has 1 fully saturated rings. The van der Waals surface area contributed by atoms with Crippen LogP contribution < -0.4 is 5.32 Å². The molecule has 2 aliphatic rings. The van der Waals surface area contributed by atoms with Gasteiger partial charge in [-0.25, -0.2) is 4.98 Å². The van der Waals surface area contributed by atoms with E-state index in [-0.39, 0.29) is 11.3 Å². The Morgan fingerprint density at radius 2 is 1.60 bits per heavy atom. The molecule has 8 rings (SSSR count). The van der Waals surface area contributed by atoms with Crippen molar-refractivity contribution in [2.45, 2.75) is 18.3 Å². The monoisotopic (exact) mass is 568 g/mol. The van der Waals surface area contributed by atoms with E-state index in [9.17, 15) is 4.79 Å². The smallest absolute Gasteiger partial charge is 0.256 e. The lowest BCUT2D eigenvalue weighted by molar-refractivity contribution is 0.0676. The van der Waals surface area contributed by atoms with Gasteiger partial charge in [0.25, 0.3) is 5.91 Å². The van der Waals surface area contributed by atoms with Crippen LogP contribution in [0.3, 0.4) is 0 Å². The first-order valence-electron chi connectivity index (χ1n) is 14.5. The van der Waals surface area contributed by atoms with Gasteiger partial charge in [-0.2, -0.15) is 0 Å². The van der Waals surface area contributed by atoms with Crippen LogP contribution in [0.1, 0.15) is 28.8 Å². The number of fused-ring (bicyclic) bond motifs is 4. The van der Waals surface area contributed by atoms with Gasteiger partial charge in [-0.1, -0.05) is 84.4 Å². The molecule has 2 aliphatic heterocycles. The summed E-state index contributed by atoms with van der Waals surface area (Å²) in [6, 6.07) is 32.6. The van der Waals surface area contributed by atoms with Crippen LogP contribution in [0.4, 0.5) is 5.69 Å². The molecule has 0 aliphatic carbocycles. The number of nitrogens with zero attached hydrogens (tertiary/aromatic N) is 2. The number of anilines is 1. The number of aromatic nitrogens is 2. The van der Waals surface area contributed by atoms with Gasteiger partial charge >= 0.3 is 0 Å². The van der Waals surface area contributed by atoms with Crippen LogP contribution in [0.5, 0.6) is 0 Å². The van der Waals surface area contributed by atoms with Crippen molar-refractivity contribution >= 4 is 45.0 Å². The number of nitrogens with one attached hydrogen (secondary N) is 2. The molecule has 2 aromatic heterocycles. The summed E-state index contributed by atoms with van der Waals surface area (Å²) in [5, 5.41) is 7.42. The average molecular weight is 569 g/mol. The number of hydrogen-bond donors (Lipinski definition) is 2. The van der Waals surface area contributed by atoms with Crippen molar-refractivity contribution in [3.05, 3.63) is 120 Å². The number of carbonyl (C=O) groups excluding carboxylic acids is 1. The summed E-state index contributed by atoms with van der Waals surface area (Å²) in [6.45, 7) is 2.27. The molecule has 0 radical (unpaired) electrons. The lowest BCUT2D eigenvalue weighted by Gasteiger charge is -2.39. The van der Waals surface area contributed by atoms with Gasteiger partial charge in [-0.3, -0.25) is 4.79 Å². The van der Waals surface area contributed by atoms with E-state index in [1.807, 2.05) is 11.0 Å². The van der Waals surface area contributed by atoms with Gasteiger partial charge in [0, 0.05) is 48.5 Å². The van der Waals surface area contributed by atoms with Gasteiger partial charge in [0.1, 0.15) is 5.65 Å². The summed E-state index contributed by atoms with van der Waals surface area (Å²) in [6.07, 6.45) is 5.19. The van der Waals surface area contributed by atoms with E-state index in [2.05, 4.69) is 100 Å². The SMILES string of the molecule is O=C(c1cnc2[nH]ccc2c1Cl)N1CCC2(CC1)CNc1ccc(-c3ccc(-c4cccc5ccccc45)cc3)cc12. The molecule has 42 heavy (non-hydrogen) atoms. The Bertz CT molecular complexity index is 1980. The summed E-state index contributed by atoms with van der Waals surface area (Å²) >= 11 is 6.61. The number of benzene rings is 4.